The molecule has 30 heavy (non-hydrogen) atoms. The fourth-order valence-electron chi connectivity index (χ4n) is 2.67. The van der Waals surface area contributed by atoms with Gasteiger partial charge in [-0.3, -0.25) is 14.6 Å². The molecule has 150 valence electrons. The second kappa shape index (κ2) is 9.29. The highest BCUT2D eigenvalue weighted by Crippen LogP contribution is 2.20. The van der Waals surface area contributed by atoms with Gasteiger partial charge in [-0.2, -0.15) is 0 Å². The zero-order valence-electron chi connectivity index (χ0n) is 16.0. The van der Waals surface area contributed by atoms with Gasteiger partial charge in [0.25, 0.3) is 5.91 Å². The summed E-state index contributed by atoms with van der Waals surface area (Å²) in [7, 11) is 1.51. The van der Waals surface area contributed by atoms with Crippen LogP contribution in [-0.2, 0) is 4.79 Å². The van der Waals surface area contributed by atoms with Crippen molar-refractivity contribution >= 4 is 29.4 Å². The molecular weight excluding hydrogens is 384 g/mol. The van der Waals surface area contributed by atoms with Crippen LogP contribution in [0.25, 0.3) is 6.08 Å². The van der Waals surface area contributed by atoms with E-state index in [4.69, 9.17) is 9.84 Å². The standard InChI is InChI=1S/C23H18N2O5/c1-30-19-6-2-5-18(13-19)25-22(27)20(21(26)17-4-3-11-24-14-17)12-15-7-9-16(10-8-15)23(28)29/h2-14H,1H3,(H,25,27)(H,28,29)/b20-12+. The number of rotatable bonds is 7. The Balaban J connectivity index is 1.97. The first-order chi connectivity index (χ1) is 14.5. The highest BCUT2D eigenvalue weighted by Gasteiger charge is 2.21. The van der Waals surface area contributed by atoms with E-state index in [1.54, 1.807) is 36.4 Å². The molecule has 0 spiro atoms. The molecule has 1 aromatic heterocycles. The average molecular weight is 402 g/mol. The topological polar surface area (TPSA) is 106 Å². The molecule has 7 nitrogen and oxygen atoms in total. The fraction of sp³-hybridized carbons (Fsp3) is 0.0435. The molecule has 3 rings (SSSR count). The Kier molecular flexibility index (Phi) is 6.34. The minimum atomic E-state index is -1.06. The summed E-state index contributed by atoms with van der Waals surface area (Å²) >= 11 is 0. The number of amides is 1. The van der Waals surface area contributed by atoms with Crippen molar-refractivity contribution < 1.29 is 24.2 Å². The number of carbonyl (C=O) groups excluding carboxylic acids is 2. The maximum Gasteiger partial charge on any atom is 0.335 e. The Bertz CT molecular complexity index is 1110. The van der Waals surface area contributed by atoms with Gasteiger partial charge in [0.2, 0.25) is 0 Å². The predicted molar refractivity (Wildman–Crippen MR) is 112 cm³/mol. The summed E-state index contributed by atoms with van der Waals surface area (Å²) in [5, 5.41) is 11.7. The maximum atomic E-state index is 13.0. The highest BCUT2D eigenvalue weighted by atomic mass is 16.5. The van der Waals surface area contributed by atoms with Gasteiger partial charge < -0.3 is 15.2 Å². The van der Waals surface area contributed by atoms with Crippen LogP contribution in [0.3, 0.4) is 0 Å². The van der Waals surface area contributed by atoms with E-state index >= 15 is 0 Å². The molecule has 0 aliphatic rings. The number of ketones is 1. The normalized spacial score (nSPS) is 10.9. The van der Waals surface area contributed by atoms with Gasteiger partial charge in [0.15, 0.2) is 5.78 Å². The van der Waals surface area contributed by atoms with E-state index in [0.29, 0.717) is 17.0 Å². The Hall–Kier alpha value is -4.26. The highest BCUT2D eigenvalue weighted by molar-refractivity contribution is 6.31. The Labute approximate surface area is 172 Å². The van der Waals surface area contributed by atoms with Crippen LogP contribution in [0.2, 0.25) is 0 Å². The number of aromatic carboxylic acids is 1. The SMILES string of the molecule is COc1cccc(NC(=O)/C(=C/c2ccc(C(=O)O)cc2)C(=O)c2cccnc2)c1. The van der Waals surface area contributed by atoms with Crippen molar-refractivity contribution in [3.8, 4) is 5.75 Å². The lowest BCUT2D eigenvalue weighted by Gasteiger charge is -2.10. The maximum absolute atomic E-state index is 13.0. The quantitative estimate of drug-likeness (QED) is 0.270. The van der Waals surface area contributed by atoms with Crippen molar-refractivity contribution in [3.63, 3.8) is 0 Å². The first-order valence-corrected chi connectivity index (χ1v) is 8.93. The first-order valence-electron chi connectivity index (χ1n) is 8.93. The van der Waals surface area contributed by atoms with Crippen LogP contribution in [0, 0.1) is 0 Å². The molecule has 7 heteroatoms. The summed E-state index contributed by atoms with van der Waals surface area (Å²) in [6.45, 7) is 0. The van der Waals surface area contributed by atoms with Gasteiger partial charge in [0, 0.05) is 29.7 Å². The number of nitrogens with one attached hydrogen (secondary N) is 1. The van der Waals surface area contributed by atoms with Crippen LogP contribution in [0.4, 0.5) is 5.69 Å². The number of hydrogen-bond donors (Lipinski definition) is 2. The number of carbonyl (C=O) groups is 3. The molecule has 0 aliphatic heterocycles. The average Bonchev–Trinajstić information content (AvgIpc) is 2.78. The van der Waals surface area contributed by atoms with E-state index in [2.05, 4.69) is 10.3 Å². The van der Waals surface area contributed by atoms with Crippen molar-refractivity contribution in [2.75, 3.05) is 12.4 Å². The van der Waals surface area contributed by atoms with E-state index < -0.39 is 17.7 Å². The third-order valence-corrected chi connectivity index (χ3v) is 4.21. The first kappa shape index (κ1) is 20.5. The molecule has 0 bridgehead atoms. The van der Waals surface area contributed by atoms with Crippen LogP contribution in [-0.4, -0.2) is 34.9 Å². The lowest BCUT2D eigenvalue weighted by molar-refractivity contribution is -0.112. The molecule has 0 aliphatic carbocycles. The number of carboxylic acids is 1. The fourth-order valence-corrected chi connectivity index (χ4v) is 2.67. The summed E-state index contributed by atoms with van der Waals surface area (Å²) < 4.78 is 5.15. The Morgan fingerprint density at radius 1 is 1.00 bits per heavy atom. The van der Waals surface area contributed by atoms with Gasteiger partial charge >= 0.3 is 5.97 Å². The third-order valence-electron chi connectivity index (χ3n) is 4.21. The van der Waals surface area contributed by atoms with Gasteiger partial charge in [0.1, 0.15) is 5.75 Å². The third kappa shape index (κ3) is 4.96. The number of hydrogen-bond acceptors (Lipinski definition) is 5. The van der Waals surface area contributed by atoms with Gasteiger partial charge in [-0.25, -0.2) is 4.79 Å². The van der Waals surface area contributed by atoms with Crippen molar-refractivity contribution in [3.05, 3.63) is 95.3 Å². The summed E-state index contributed by atoms with van der Waals surface area (Å²) in [6.07, 6.45) is 4.32. The number of nitrogens with zero attached hydrogens (tertiary/aromatic N) is 1. The smallest absolute Gasteiger partial charge is 0.335 e. The molecule has 0 saturated heterocycles. The van der Waals surface area contributed by atoms with Gasteiger partial charge in [-0.1, -0.05) is 18.2 Å². The van der Waals surface area contributed by atoms with E-state index in [1.165, 1.54) is 49.8 Å². The van der Waals surface area contributed by atoms with Crippen molar-refractivity contribution in [2.24, 2.45) is 0 Å². The van der Waals surface area contributed by atoms with E-state index in [0.717, 1.165) is 0 Å². The molecular formula is C23H18N2O5. The molecule has 2 aromatic carbocycles. The van der Waals surface area contributed by atoms with Gasteiger partial charge in [0.05, 0.1) is 18.2 Å². The van der Waals surface area contributed by atoms with Crippen LogP contribution < -0.4 is 10.1 Å². The zero-order chi connectivity index (χ0) is 21.5. The lowest BCUT2D eigenvalue weighted by Crippen LogP contribution is -2.21. The van der Waals surface area contributed by atoms with Crippen LogP contribution in [0.1, 0.15) is 26.3 Å². The Morgan fingerprint density at radius 2 is 1.77 bits per heavy atom. The molecule has 0 unspecified atom stereocenters. The number of methoxy groups -OCH3 is 1. The molecule has 0 atom stereocenters. The van der Waals surface area contributed by atoms with Crippen LogP contribution in [0.15, 0.2) is 78.6 Å². The minimum Gasteiger partial charge on any atom is -0.497 e. The summed E-state index contributed by atoms with van der Waals surface area (Å²) in [5.74, 6) is -1.63. The number of aromatic nitrogens is 1. The number of Topliss-reactive ketones (excluding diaryl/α,β-unsaturated/α-hetero) is 1. The van der Waals surface area contributed by atoms with E-state index in [-0.39, 0.29) is 16.7 Å². The predicted octanol–water partition coefficient (Wildman–Crippen LogP) is 3.69. The number of pyridine rings is 1. The lowest BCUT2D eigenvalue weighted by atomic mass is 10.0. The number of anilines is 1. The second-order valence-electron chi connectivity index (χ2n) is 6.24. The summed E-state index contributed by atoms with van der Waals surface area (Å²) in [4.78, 5) is 40.9. The molecule has 0 fully saturated rings. The van der Waals surface area contributed by atoms with Crippen molar-refractivity contribution in [1.82, 2.24) is 4.98 Å². The van der Waals surface area contributed by atoms with Crippen LogP contribution >= 0.6 is 0 Å². The zero-order valence-corrected chi connectivity index (χ0v) is 16.0. The number of carboxylic acid groups (broad SMARTS) is 1. The number of benzene rings is 2. The molecule has 3 aromatic rings. The summed E-state index contributed by atoms with van der Waals surface area (Å²) in [6, 6.07) is 15.8. The van der Waals surface area contributed by atoms with E-state index in [9.17, 15) is 14.4 Å². The van der Waals surface area contributed by atoms with Gasteiger partial charge in [-0.05, 0) is 48.0 Å². The molecule has 0 saturated carbocycles. The van der Waals surface area contributed by atoms with Crippen molar-refractivity contribution in [2.45, 2.75) is 0 Å². The van der Waals surface area contributed by atoms with E-state index in [1.807, 2.05) is 0 Å². The monoisotopic (exact) mass is 402 g/mol. The summed E-state index contributed by atoms with van der Waals surface area (Å²) in [5.41, 5.74) is 1.22. The number of ether oxygens (including phenoxy) is 1. The van der Waals surface area contributed by atoms with Crippen LogP contribution in [0.5, 0.6) is 5.75 Å². The second-order valence-corrected chi connectivity index (χ2v) is 6.24. The minimum absolute atomic E-state index is 0.105. The molecule has 1 heterocycles. The largest absolute Gasteiger partial charge is 0.497 e. The molecule has 1 amide bonds. The molecule has 2 N–H and O–H groups in total. The molecule has 0 radical (unpaired) electrons. The van der Waals surface area contributed by atoms with Crippen molar-refractivity contribution in [1.29, 1.82) is 0 Å². The Morgan fingerprint density at radius 3 is 2.40 bits per heavy atom. The van der Waals surface area contributed by atoms with Gasteiger partial charge in [-0.15, -0.1) is 0 Å².